The minimum absolute atomic E-state index is 0.274. The Kier molecular flexibility index (Phi) is 5.30. The monoisotopic (exact) mass is 368 g/mol. The molecule has 0 aromatic rings. The van der Waals surface area contributed by atoms with E-state index in [2.05, 4.69) is 0 Å². The predicted molar refractivity (Wildman–Crippen MR) is 50.1 cm³/mol. The van der Waals surface area contributed by atoms with Gasteiger partial charge in [-0.3, -0.25) is 0 Å². The van der Waals surface area contributed by atoms with Crippen LogP contribution in [-0.2, 0) is 0 Å². The molecule has 0 radical (unpaired) electrons. The van der Waals surface area contributed by atoms with Gasteiger partial charge in [-0.1, -0.05) is 22.6 Å². The zero-order valence-electron chi connectivity index (χ0n) is 7.67. The Morgan fingerprint density at radius 3 is 1.75 bits per heavy atom. The van der Waals surface area contributed by atoms with Gasteiger partial charge in [0.2, 0.25) is 0 Å². The Morgan fingerprint density at radius 2 is 1.44 bits per heavy atom. The molecule has 0 amide bonds. The maximum atomic E-state index is 12.7. The molecule has 0 aromatic carbocycles. The van der Waals surface area contributed by atoms with E-state index in [1.165, 1.54) is 22.6 Å². The number of rotatable bonds is 5. The van der Waals surface area contributed by atoms with Gasteiger partial charge >= 0.3 is 18.0 Å². The van der Waals surface area contributed by atoms with Gasteiger partial charge < -0.3 is 5.11 Å². The standard InChI is InChI=1S/C7H8F7IO/c8-5(9,3-4(15)1-2-16)6(10,11)7(12,13)14/h4,16H,1-3H2. The summed E-state index contributed by atoms with van der Waals surface area (Å²) in [6, 6.07) is 0. The van der Waals surface area contributed by atoms with E-state index in [-0.39, 0.29) is 6.42 Å². The van der Waals surface area contributed by atoms with Gasteiger partial charge in [-0.05, 0) is 6.42 Å². The third-order valence-corrected chi connectivity index (χ3v) is 2.80. The Labute approximate surface area is 100 Å². The Hall–Kier alpha value is 0.200. The quantitative estimate of drug-likeness (QED) is 0.448. The first-order valence-electron chi connectivity index (χ1n) is 4.03. The molecule has 1 nitrogen and oxygen atoms in total. The van der Waals surface area contributed by atoms with Crippen LogP contribution in [0.15, 0.2) is 0 Å². The number of halogens is 8. The average molecular weight is 368 g/mol. The van der Waals surface area contributed by atoms with Gasteiger partial charge in [0.25, 0.3) is 0 Å². The van der Waals surface area contributed by atoms with Crippen LogP contribution in [0.3, 0.4) is 0 Å². The second-order valence-corrected chi connectivity index (χ2v) is 4.85. The van der Waals surface area contributed by atoms with Gasteiger partial charge in [-0.15, -0.1) is 0 Å². The van der Waals surface area contributed by atoms with Crippen LogP contribution in [0.4, 0.5) is 30.7 Å². The fraction of sp³-hybridized carbons (Fsp3) is 1.00. The SMILES string of the molecule is OCCC(I)CC(F)(F)C(F)(F)C(F)(F)F. The van der Waals surface area contributed by atoms with Crippen molar-refractivity contribution in [1.82, 2.24) is 0 Å². The molecule has 0 saturated heterocycles. The highest BCUT2D eigenvalue weighted by molar-refractivity contribution is 14.1. The first-order chi connectivity index (χ1) is 6.95. The fourth-order valence-electron chi connectivity index (χ4n) is 0.856. The highest BCUT2D eigenvalue weighted by Crippen LogP contribution is 2.49. The highest BCUT2D eigenvalue weighted by atomic mass is 127. The minimum atomic E-state index is -6.29. The summed E-state index contributed by atoms with van der Waals surface area (Å²) in [5, 5.41) is 8.34. The van der Waals surface area contributed by atoms with E-state index in [1.807, 2.05) is 0 Å². The second-order valence-electron chi connectivity index (χ2n) is 3.09. The van der Waals surface area contributed by atoms with E-state index in [1.54, 1.807) is 0 Å². The van der Waals surface area contributed by atoms with Crippen molar-refractivity contribution < 1.29 is 35.8 Å². The molecule has 0 heterocycles. The number of hydrogen-bond donors (Lipinski definition) is 1. The Morgan fingerprint density at radius 1 is 1.00 bits per heavy atom. The lowest BCUT2D eigenvalue weighted by atomic mass is 10.0. The van der Waals surface area contributed by atoms with E-state index in [9.17, 15) is 30.7 Å². The van der Waals surface area contributed by atoms with Crippen molar-refractivity contribution in [1.29, 1.82) is 0 Å². The summed E-state index contributed by atoms with van der Waals surface area (Å²) < 4.78 is 84.1. The summed E-state index contributed by atoms with van der Waals surface area (Å²) in [7, 11) is 0. The van der Waals surface area contributed by atoms with E-state index >= 15 is 0 Å². The first kappa shape index (κ1) is 16.2. The molecule has 1 atom stereocenters. The summed E-state index contributed by atoms with van der Waals surface area (Å²) in [6.07, 6.45) is -8.20. The Bertz CT molecular complexity index is 227. The molecule has 1 N–H and O–H groups in total. The minimum Gasteiger partial charge on any atom is -0.396 e. The number of hydrogen-bond acceptors (Lipinski definition) is 1. The van der Waals surface area contributed by atoms with Gasteiger partial charge in [0, 0.05) is 17.0 Å². The molecule has 9 heteroatoms. The maximum Gasteiger partial charge on any atom is 0.459 e. The summed E-state index contributed by atoms with van der Waals surface area (Å²) in [5.41, 5.74) is 0. The van der Waals surface area contributed by atoms with Crippen molar-refractivity contribution in [2.45, 2.75) is 34.8 Å². The van der Waals surface area contributed by atoms with Crippen molar-refractivity contribution in [2.75, 3.05) is 6.61 Å². The molecule has 0 bridgehead atoms. The zero-order valence-corrected chi connectivity index (χ0v) is 9.83. The van der Waals surface area contributed by atoms with Gasteiger partial charge in [0.05, 0.1) is 0 Å². The molecule has 0 aliphatic carbocycles. The molecule has 1 unspecified atom stereocenters. The van der Waals surface area contributed by atoms with Crippen LogP contribution >= 0.6 is 22.6 Å². The fourth-order valence-corrected chi connectivity index (χ4v) is 1.69. The number of alkyl halides is 8. The third kappa shape index (κ3) is 3.60. The van der Waals surface area contributed by atoms with Crippen molar-refractivity contribution >= 4 is 22.6 Å². The van der Waals surface area contributed by atoms with Crippen LogP contribution < -0.4 is 0 Å². The van der Waals surface area contributed by atoms with Crippen LogP contribution in [-0.4, -0.2) is 33.7 Å². The molecule has 0 rings (SSSR count). The van der Waals surface area contributed by atoms with Crippen molar-refractivity contribution in [2.24, 2.45) is 0 Å². The lowest BCUT2D eigenvalue weighted by molar-refractivity contribution is -0.355. The largest absolute Gasteiger partial charge is 0.459 e. The smallest absolute Gasteiger partial charge is 0.396 e. The molecular formula is C7H8F7IO. The van der Waals surface area contributed by atoms with Gasteiger partial charge in [0.15, 0.2) is 0 Å². The van der Waals surface area contributed by atoms with Gasteiger partial charge in [-0.25, -0.2) is 0 Å². The lowest BCUT2D eigenvalue weighted by Gasteiger charge is -2.29. The normalized spacial score (nSPS) is 16.3. The van der Waals surface area contributed by atoms with E-state index in [0.717, 1.165) is 0 Å². The molecule has 0 saturated carbocycles. The molecule has 0 spiro atoms. The van der Waals surface area contributed by atoms with Crippen molar-refractivity contribution in [3.63, 3.8) is 0 Å². The van der Waals surface area contributed by atoms with E-state index in [0.29, 0.717) is 0 Å². The van der Waals surface area contributed by atoms with Crippen LogP contribution in [0.5, 0.6) is 0 Å². The molecule has 98 valence electrons. The molecule has 16 heavy (non-hydrogen) atoms. The van der Waals surface area contributed by atoms with Gasteiger partial charge in [-0.2, -0.15) is 30.7 Å². The Balaban J connectivity index is 4.77. The maximum absolute atomic E-state index is 12.7. The summed E-state index contributed by atoms with van der Waals surface area (Å²) in [5.74, 6) is -11.2. The molecule has 0 aliphatic rings. The molecule has 0 aliphatic heterocycles. The average Bonchev–Trinajstić information content (AvgIpc) is 2.00. The highest BCUT2D eigenvalue weighted by Gasteiger charge is 2.72. The van der Waals surface area contributed by atoms with Crippen molar-refractivity contribution in [3.05, 3.63) is 0 Å². The molecule has 0 fully saturated rings. The van der Waals surface area contributed by atoms with Crippen LogP contribution in [0.2, 0.25) is 0 Å². The lowest BCUT2D eigenvalue weighted by Crippen LogP contribution is -2.52. The molecular weight excluding hydrogens is 360 g/mol. The second kappa shape index (κ2) is 5.23. The molecule has 0 aromatic heterocycles. The third-order valence-electron chi connectivity index (χ3n) is 1.74. The summed E-state index contributed by atoms with van der Waals surface area (Å²) in [6.45, 7) is -0.554. The first-order valence-corrected chi connectivity index (χ1v) is 5.27. The summed E-state index contributed by atoms with van der Waals surface area (Å²) >= 11 is 1.29. The number of aliphatic hydroxyl groups is 1. The van der Waals surface area contributed by atoms with Crippen LogP contribution in [0.25, 0.3) is 0 Å². The van der Waals surface area contributed by atoms with E-state index in [4.69, 9.17) is 5.11 Å². The number of aliphatic hydroxyl groups excluding tert-OH is 1. The van der Waals surface area contributed by atoms with Crippen molar-refractivity contribution in [3.8, 4) is 0 Å². The van der Waals surface area contributed by atoms with Gasteiger partial charge in [0.1, 0.15) is 0 Å². The topological polar surface area (TPSA) is 20.2 Å². The summed E-state index contributed by atoms with van der Waals surface area (Å²) in [4.78, 5) is 0. The predicted octanol–water partition coefficient (Wildman–Crippen LogP) is 3.40. The zero-order chi connectivity index (χ0) is 13.2. The van der Waals surface area contributed by atoms with Crippen LogP contribution in [0.1, 0.15) is 12.8 Å². The van der Waals surface area contributed by atoms with Crippen LogP contribution in [0, 0.1) is 0 Å². The van der Waals surface area contributed by atoms with E-state index < -0.39 is 35.0 Å².